The van der Waals surface area contributed by atoms with Crippen molar-refractivity contribution in [1.29, 1.82) is 0 Å². The third-order valence-corrected chi connectivity index (χ3v) is 3.94. The molecule has 1 aromatic rings. The first-order chi connectivity index (χ1) is 8.01. The molecule has 1 atom stereocenters. The molecule has 0 aromatic carbocycles. The zero-order chi connectivity index (χ0) is 13.0. The van der Waals surface area contributed by atoms with Gasteiger partial charge in [-0.2, -0.15) is 0 Å². The molecule has 0 amide bonds. The largest absolute Gasteiger partial charge is 0.366 e. The van der Waals surface area contributed by atoms with E-state index in [9.17, 15) is 0 Å². The molecule has 17 heavy (non-hydrogen) atoms. The molecule has 0 fully saturated rings. The first-order valence-electron chi connectivity index (χ1n) is 6.27. The quantitative estimate of drug-likeness (QED) is 0.865. The molecular weight excluding hydrogens is 234 g/mol. The van der Waals surface area contributed by atoms with Gasteiger partial charge in [-0.15, -0.1) is 10.2 Å². The summed E-state index contributed by atoms with van der Waals surface area (Å²) in [6.07, 6.45) is 2.34. The van der Waals surface area contributed by atoms with Gasteiger partial charge in [0.05, 0.1) is 0 Å². The lowest BCUT2D eigenvalue weighted by atomic mass is 9.95. The Morgan fingerprint density at radius 2 is 1.71 bits per heavy atom. The third-order valence-electron chi connectivity index (χ3n) is 3.59. The van der Waals surface area contributed by atoms with Crippen molar-refractivity contribution in [2.45, 2.75) is 53.5 Å². The van der Waals surface area contributed by atoms with Gasteiger partial charge < -0.3 is 5.32 Å². The van der Waals surface area contributed by atoms with Crippen LogP contribution in [0.4, 0.5) is 5.82 Å². The molecule has 0 saturated carbocycles. The van der Waals surface area contributed by atoms with Gasteiger partial charge >= 0.3 is 0 Å². The van der Waals surface area contributed by atoms with E-state index in [1.54, 1.807) is 0 Å². The summed E-state index contributed by atoms with van der Waals surface area (Å²) in [4.78, 5) is 0. The molecule has 0 aliphatic rings. The van der Waals surface area contributed by atoms with E-state index in [1.807, 2.05) is 13.8 Å². The molecule has 0 radical (unpaired) electrons. The molecule has 1 heterocycles. The molecule has 3 nitrogen and oxygen atoms in total. The van der Waals surface area contributed by atoms with Crippen LogP contribution >= 0.6 is 11.6 Å². The Bertz CT molecular complexity index is 375. The van der Waals surface area contributed by atoms with Crippen molar-refractivity contribution in [1.82, 2.24) is 10.2 Å². The van der Waals surface area contributed by atoms with Crippen molar-refractivity contribution in [3.05, 3.63) is 16.3 Å². The summed E-state index contributed by atoms with van der Waals surface area (Å²) in [7, 11) is 0. The van der Waals surface area contributed by atoms with Crippen LogP contribution < -0.4 is 5.32 Å². The van der Waals surface area contributed by atoms with Gasteiger partial charge in [-0.25, -0.2) is 0 Å². The summed E-state index contributed by atoms with van der Waals surface area (Å²) in [5.74, 6) is 1.51. The molecule has 1 N–H and O–H groups in total. The van der Waals surface area contributed by atoms with Crippen molar-refractivity contribution in [2.75, 3.05) is 5.32 Å². The number of aromatic nitrogens is 2. The highest BCUT2D eigenvalue weighted by molar-refractivity contribution is 6.30. The van der Waals surface area contributed by atoms with Crippen molar-refractivity contribution in [3.63, 3.8) is 0 Å². The highest BCUT2D eigenvalue weighted by atomic mass is 35.5. The Morgan fingerprint density at radius 3 is 2.24 bits per heavy atom. The van der Waals surface area contributed by atoms with Crippen molar-refractivity contribution in [3.8, 4) is 0 Å². The summed E-state index contributed by atoms with van der Waals surface area (Å²) in [6.45, 7) is 10.6. The second kappa shape index (κ2) is 6.20. The average molecular weight is 256 g/mol. The maximum Gasteiger partial charge on any atom is 0.155 e. The van der Waals surface area contributed by atoms with Crippen LogP contribution in [-0.4, -0.2) is 16.2 Å². The van der Waals surface area contributed by atoms with Crippen molar-refractivity contribution >= 4 is 17.4 Å². The van der Waals surface area contributed by atoms with Crippen LogP contribution in [0.2, 0.25) is 5.15 Å². The van der Waals surface area contributed by atoms with E-state index in [1.165, 1.54) is 12.8 Å². The maximum absolute atomic E-state index is 5.94. The van der Waals surface area contributed by atoms with Gasteiger partial charge in [0.25, 0.3) is 0 Å². The molecule has 1 aromatic heterocycles. The van der Waals surface area contributed by atoms with Gasteiger partial charge in [-0.3, -0.25) is 0 Å². The third kappa shape index (κ3) is 3.32. The van der Waals surface area contributed by atoms with Gasteiger partial charge in [0.2, 0.25) is 0 Å². The molecule has 96 valence electrons. The molecule has 0 spiro atoms. The molecule has 0 aliphatic heterocycles. The normalized spacial score (nSPS) is 12.9. The Balaban J connectivity index is 2.85. The smallest absolute Gasteiger partial charge is 0.155 e. The fourth-order valence-electron chi connectivity index (χ4n) is 2.04. The maximum atomic E-state index is 5.94. The topological polar surface area (TPSA) is 37.8 Å². The summed E-state index contributed by atoms with van der Waals surface area (Å²) in [5.41, 5.74) is 2.09. The Hall–Kier alpha value is -0.830. The monoisotopic (exact) mass is 255 g/mol. The van der Waals surface area contributed by atoms with E-state index in [0.717, 1.165) is 16.9 Å². The summed E-state index contributed by atoms with van der Waals surface area (Å²) in [6, 6.07) is 0.401. The van der Waals surface area contributed by atoms with Crippen LogP contribution in [0.5, 0.6) is 0 Å². The standard InChI is InChI=1S/C13H22ClN3/c1-6-11(7-2)10(5)15-13-9(4)8(3)12(14)16-17-13/h10-11H,6-7H2,1-5H3,(H,15,17). The van der Waals surface area contributed by atoms with E-state index >= 15 is 0 Å². The van der Waals surface area contributed by atoms with E-state index in [0.29, 0.717) is 17.1 Å². The van der Waals surface area contributed by atoms with Crippen LogP contribution in [0, 0.1) is 19.8 Å². The van der Waals surface area contributed by atoms with Gasteiger partial charge in [0.15, 0.2) is 11.0 Å². The van der Waals surface area contributed by atoms with Crippen LogP contribution in [0.3, 0.4) is 0 Å². The van der Waals surface area contributed by atoms with Gasteiger partial charge in [0.1, 0.15) is 0 Å². The fourth-order valence-corrected chi connectivity index (χ4v) is 2.22. The van der Waals surface area contributed by atoms with E-state index in [4.69, 9.17) is 11.6 Å². The van der Waals surface area contributed by atoms with Crippen LogP contribution in [0.1, 0.15) is 44.7 Å². The predicted octanol–water partition coefficient (Wildman–Crippen LogP) is 3.98. The molecule has 0 saturated heterocycles. The summed E-state index contributed by atoms with van der Waals surface area (Å²) in [5, 5.41) is 12.0. The van der Waals surface area contributed by atoms with Crippen LogP contribution in [-0.2, 0) is 0 Å². The van der Waals surface area contributed by atoms with Gasteiger partial charge in [-0.1, -0.05) is 38.3 Å². The first-order valence-corrected chi connectivity index (χ1v) is 6.64. The second-order valence-electron chi connectivity index (χ2n) is 4.60. The lowest BCUT2D eigenvalue weighted by Crippen LogP contribution is -2.26. The van der Waals surface area contributed by atoms with Crippen molar-refractivity contribution in [2.24, 2.45) is 5.92 Å². The number of nitrogens with zero attached hydrogens (tertiary/aromatic N) is 2. The number of hydrogen-bond donors (Lipinski definition) is 1. The average Bonchev–Trinajstić information content (AvgIpc) is 2.31. The number of anilines is 1. The first kappa shape index (κ1) is 14.2. The highest BCUT2D eigenvalue weighted by Gasteiger charge is 2.16. The molecule has 0 bridgehead atoms. The lowest BCUT2D eigenvalue weighted by Gasteiger charge is -2.23. The minimum absolute atomic E-state index is 0.401. The van der Waals surface area contributed by atoms with Gasteiger partial charge in [0, 0.05) is 6.04 Å². The zero-order valence-corrected chi connectivity index (χ0v) is 12.1. The number of nitrogens with one attached hydrogen (secondary N) is 1. The molecule has 4 heteroatoms. The van der Waals surface area contributed by atoms with E-state index in [-0.39, 0.29) is 0 Å². The Labute approximate surface area is 109 Å². The summed E-state index contributed by atoms with van der Waals surface area (Å²) >= 11 is 5.94. The van der Waals surface area contributed by atoms with Crippen molar-refractivity contribution < 1.29 is 0 Å². The molecule has 0 aliphatic carbocycles. The minimum Gasteiger partial charge on any atom is -0.366 e. The Kier molecular flexibility index (Phi) is 5.19. The number of rotatable bonds is 5. The van der Waals surface area contributed by atoms with E-state index < -0.39 is 0 Å². The highest BCUT2D eigenvalue weighted by Crippen LogP contribution is 2.23. The van der Waals surface area contributed by atoms with Crippen LogP contribution in [0.15, 0.2) is 0 Å². The fraction of sp³-hybridized carbons (Fsp3) is 0.692. The second-order valence-corrected chi connectivity index (χ2v) is 4.96. The minimum atomic E-state index is 0.401. The summed E-state index contributed by atoms with van der Waals surface area (Å²) < 4.78 is 0. The lowest BCUT2D eigenvalue weighted by molar-refractivity contribution is 0.436. The molecule has 1 unspecified atom stereocenters. The molecule has 1 rings (SSSR count). The molecular formula is C13H22ClN3. The Morgan fingerprint density at radius 1 is 1.12 bits per heavy atom. The van der Waals surface area contributed by atoms with Gasteiger partial charge in [-0.05, 0) is 37.8 Å². The number of halogens is 1. The zero-order valence-electron chi connectivity index (χ0n) is 11.3. The predicted molar refractivity (Wildman–Crippen MR) is 73.7 cm³/mol. The number of hydrogen-bond acceptors (Lipinski definition) is 3. The SMILES string of the molecule is CCC(CC)C(C)Nc1nnc(Cl)c(C)c1C. The van der Waals surface area contributed by atoms with E-state index in [2.05, 4.69) is 36.3 Å². The van der Waals surface area contributed by atoms with Crippen LogP contribution in [0.25, 0.3) is 0 Å².